The zero-order valence-corrected chi connectivity index (χ0v) is 12.5. The van der Waals surface area contributed by atoms with Crippen LogP contribution < -0.4 is 20.7 Å². The van der Waals surface area contributed by atoms with Gasteiger partial charge in [0.15, 0.2) is 11.4 Å². The average molecular weight is 299 g/mol. The quantitative estimate of drug-likeness (QED) is 0.755. The number of benzene rings is 1. The number of furan rings is 1. The summed E-state index contributed by atoms with van der Waals surface area (Å²) < 4.78 is 11.4. The van der Waals surface area contributed by atoms with Crippen LogP contribution in [-0.2, 0) is 0 Å². The molecule has 0 amide bonds. The van der Waals surface area contributed by atoms with Gasteiger partial charge in [-0.2, -0.15) is 4.98 Å². The Kier molecular flexibility index (Phi) is 2.83. The normalized spacial score (nSPS) is 15.5. The molecule has 1 saturated heterocycles. The first-order valence-electron chi connectivity index (χ1n) is 7.16. The summed E-state index contributed by atoms with van der Waals surface area (Å²) in [6.45, 7) is 1.74. The molecule has 1 aliphatic rings. The Bertz CT molecular complexity index is 854. The van der Waals surface area contributed by atoms with Crippen molar-refractivity contribution >= 4 is 33.8 Å². The van der Waals surface area contributed by atoms with Gasteiger partial charge in [-0.25, -0.2) is 4.98 Å². The number of hydrogen-bond donors (Lipinski definition) is 2. The van der Waals surface area contributed by atoms with Crippen molar-refractivity contribution in [3.8, 4) is 5.75 Å². The number of anilines is 2. The highest BCUT2D eigenvalue weighted by Crippen LogP contribution is 2.38. The number of aromatic nitrogens is 2. The fourth-order valence-electron chi connectivity index (χ4n) is 2.88. The van der Waals surface area contributed by atoms with Crippen LogP contribution in [0.15, 0.2) is 22.6 Å². The van der Waals surface area contributed by atoms with Crippen molar-refractivity contribution in [3.05, 3.63) is 18.2 Å². The van der Waals surface area contributed by atoms with Gasteiger partial charge in [0.05, 0.1) is 12.5 Å². The standard InChI is InChI=1S/C15H17N5O2/c1-17-8-6-20(7-8)14-13-12(18-15(16)19-14)11-9(21-2)4-3-5-10(11)22-13/h3-5,8,17H,6-7H2,1-2H3,(H2,16,18,19). The largest absolute Gasteiger partial charge is 0.496 e. The predicted octanol–water partition coefficient (Wildman–Crippen LogP) is 1.37. The Labute approximate surface area is 127 Å². The first-order valence-corrected chi connectivity index (χ1v) is 7.16. The van der Waals surface area contributed by atoms with Gasteiger partial charge in [-0.15, -0.1) is 0 Å². The molecule has 4 rings (SSSR count). The van der Waals surface area contributed by atoms with Crippen LogP contribution in [0.5, 0.6) is 5.75 Å². The lowest BCUT2D eigenvalue weighted by Crippen LogP contribution is -2.57. The van der Waals surface area contributed by atoms with Gasteiger partial charge >= 0.3 is 0 Å². The molecule has 0 radical (unpaired) electrons. The van der Waals surface area contributed by atoms with Crippen LogP contribution in [0.2, 0.25) is 0 Å². The van der Waals surface area contributed by atoms with E-state index >= 15 is 0 Å². The molecule has 0 saturated carbocycles. The monoisotopic (exact) mass is 299 g/mol. The SMILES string of the molecule is CNC1CN(c2nc(N)nc3c2oc2cccc(OC)c23)C1. The number of methoxy groups -OCH3 is 1. The van der Waals surface area contributed by atoms with Crippen LogP contribution in [0, 0.1) is 0 Å². The highest BCUT2D eigenvalue weighted by molar-refractivity contribution is 6.09. The number of ether oxygens (including phenoxy) is 1. The Morgan fingerprint density at radius 1 is 1.36 bits per heavy atom. The van der Waals surface area contributed by atoms with Crippen LogP contribution in [0.3, 0.4) is 0 Å². The van der Waals surface area contributed by atoms with Gasteiger partial charge in [-0.3, -0.25) is 0 Å². The lowest BCUT2D eigenvalue weighted by Gasteiger charge is -2.39. The maximum Gasteiger partial charge on any atom is 0.222 e. The van der Waals surface area contributed by atoms with E-state index in [1.165, 1.54) is 0 Å². The van der Waals surface area contributed by atoms with Gasteiger partial charge in [0.25, 0.3) is 0 Å². The number of nitrogens with zero attached hydrogens (tertiary/aromatic N) is 3. The molecule has 3 aromatic rings. The van der Waals surface area contributed by atoms with Crippen molar-refractivity contribution in [2.75, 3.05) is 37.9 Å². The molecule has 0 atom stereocenters. The third-order valence-corrected chi connectivity index (χ3v) is 4.11. The lowest BCUT2D eigenvalue weighted by molar-refractivity contribution is 0.420. The van der Waals surface area contributed by atoms with Gasteiger partial charge in [0, 0.05) is 19.1 Å². The van der Waals surface area contributed by atoms with Crippen LogP contribution in [0.25, 0.3) is 22.1 Å². The molecule has 1 aliphatic heterocycles. The molecule has 114 valence electrons. The van der Waals surface area contributed by atoms with E-state index in [2.05, 4.69) is 20.2 Å². The van der Waals surface area contributed by atoms with E-state index in [0.717, 1.165) is 35.6 Å². The summed E-state index contributed by atoms with van der Waals surface area (Å²) in [4.78, 5) is 10.9. The van der Waals surface area contributed by atoms with Crippen LogP contribution in [0.1, 0.15) is 0 Å². The van der Waals surface area contributed by atoms with E-state index in [1.807, 2.05) is 25.2 Å². The molecule has 3 N–H and O–H groups in total. The fourth-order valence-corrected chi connectivity index (χ4v) is 2.88. The van der Waals surface area contributed by atoms with E-state index in [0.29, 0.717) is 17.1 Å². The summed E-state index contributed by atoms with van der Waals surface area (Å²) in [5.41, 5.74) is 7.98. The van der Waals surface area contributed by atoms with Crippen molar-refractivity contribution in [2.45, 2.75) is 6.04 Å². The summed E-state index contributed by atoms with van der Waals surface area (Å²) in [6.07, 6.45) is 0. The molecule has 0 unspecified atom stereocenters. The molecule has 0 bridgehead atoms. The van der Waals surface area contributed by atoms with Crippen molar-refractivity contribution in [3.63, 3.8) is 0 Å². The van der Waals surface area contributed by atoms with Crippen molar-refractivity contribution < 1.29 is 9.15 Å². The molecule has 3 heterocycles. The molecule has 7 heteroatoms. The number of rotatable bonds is 3. The number of hydrogen-bond acceptors (Lipinski definition) is 7. The number of likely N-dealkylation sites (N-methyl/N-ethyl adjacent to an activating group) is 1. The van der Waals surface area contributed by atoms with E-state index in [1.54, 1.807) is 7.11 Å². The zero-order valence-electron chi connectivity index (χ0n) is 12.5. The number of nitrogens with one attached hydrogen (secondary N) is 1. The zero-order chi connectivity index (χ0) is 15.3. The van der Waals surface area contributed by atoms with Crippen LogP contribution >= 0.6 is 0 Å². The van der Waals surface area contributed by atoms with Crippen LogP contribution in [0.4, 0.5) is 11.8 Å². The maximum absolute atomic E-state index is 5.98. The maximum atomic E-state index is 5.98. The second-order valence-corrected chi connectivity index (χ2v) is 5.41. The molecule has 1 aromatic carbocycles. The third-order valence-electron chi connectivity index (χ3n) is 4.11. The van der Waals surface area contributed by atoms with Gasteiger partial charge in [0.1, 0.15) is 16.8 Å². The summed E-state index contributed by atoms with van der Waals surface area (Å²) >= 11 is 0. The molecule has 22 heavy (non-hydrogen) atoms. The topological polar surface area (TPSA) is 89.4 Å². The van der Waals surface area contributed by atoms with Crippen molar-refractivity contribution in [2.24, 2.45) is 0 Å². The van der Waals surface area contributed by atoms with E-state index in [9.17, 15) is 0 Å². The smallest absolute Gasteiger partial charge is 0.222 e. The number of nitrogen functional groups attached to an aromatic ring is 1. The molecule has 7 nitrogen and oxygen atoms in total. The summed E-state index contributed by atoms with van der Waals surface area (Å²) in [6, 6.07) is 6.13. The van der Waals surface area contributed by atoms with E-state index in [4.69, 9.17) is 14.9 Å². The lowest BCUT2D eigenvalue weighted by atomic mass is 10.1. The summed E-state index contributed by atoms with van der Waals surface area (Å²) in [5, 5.41) is 4.08. The molecule has 0 aliphatic carbocycles. The van der Waals surface area contributed by atoms with Gasteiger partial charge in [-0.1, -0.05) is 6.07 Å². The average Bonchev–Trinajstić information content (AvgIpc) is 2.84. The molecular weight excluding hydrogens is 282 g/mol. The number of fused-ring (bicyclic) bond motifs is 3. The second kappa shape index (κ2) is 4.74. The minimum atomic E-state index is 0.240. The second-order valence-electron chi connectivity index (χ2n) is 5.41. The first kappa shape index (κ1) is 13.1. The van der Waals surface area contributed by atoms with Gasteiger partial charge < -0.3 is 25.1 Å². The third kappa shape index (κ3) is 1.79. The van der Waals surface area contributed by atoms with E-state index < -0.39 is 0 Å². The Morgan fingerprint density at radius 3 is 2.91 bits per heavy atom. The first-order chi connectivity index (χ1) is 10.7. The molecule has 0 spiro atoms. The van der Waals surface area contributed by atoms with Crippen molar-refractivity contribution in [1.82, 2.24) is 15.3 Å². The molecule has 1 fully saturated rings. The fraction of sp³-hybridized carbons (Fsp3) is 0.333. The minimum Gasteiger partial charge on any atom is -0.496 e. The van der Waals surface area contributed by atoms with Gasteiger partial charge in [-0.05, 0) is 19.2 Å². The molecular formula is C15H17N5O2. The minimum absolute atomic E-state index is 0.240. The summed E-state index contributed by atoms with van der Waals surface area (Å²) in [7, 11) is 3.59. The Morgan fingerprint density at radius 2 is 2.18 bits per heavy atom. The van der Waals surface area contributed by atoms with Gasteiger partial charge in [0.2, 0.25) is 5.95 Å². The predicted molar refractivity (Wildman–Crippen MR) is 85.3 cm³/mol. The highest BCUT2D eigenvalue weighted by atomic mass is 16.5. The highest BCUT2D eigenvalue weighted by Gasteiger charge is 2.30. The number of nitrogens with two attached hydrogens (primary N) is 1. The van der Waals surface area contributed by atoms with Crippen molar-refractivity contribution in [1.29, 1.82) is 0 Å². The van der Waals surface area contributed by atoms with Crippen LogP contribution in [-0.4, -0.2) is 43.3 Å². The van der Waals surface area contributed by atoms with E-state index in [-0.39, 0.29) is 5.95 Å². The Balaban J connectivity index is 1.95. The molecule has 2 aromatic heterocycles. The summed E-state index contributed by atoms with van der Waals surface area (Å²) in [5.74, 6) is 1.70. The Hall–Kier alpha value is -2.54.